The number of hydrogen-bond donors (Lipinski definition) is 1. The standard InChI is InChI=1S/C50H53N3O8.C37H40N2O6.C13H14BrNO2/c1-51-22-19-33-28-42(56-3)44-30-38(33)39(51)25-31-13-16-35(17-14-31)60-43-27-32(26-40-46-34(20-23-52(40)2)29-45(57-4)47(58-5)48(46)61-44)15-18-41(43)59-24-10-6-9-21-53-49(54)36-11-7-8-12-37(36)50(53)55;1-38-14-12-24-19-32(41-3)33-21-27(24)28(38)16-22-6-9-26(10-7-22)44-31-18-23(8-11-30(31)40)17-29-35-25(13-15-39(29)2)20-34(42-4)36(43-5)37(35)45-33;14-8-4-1-5-9-15-12(16)10-6-2-3-7-11(10)13(15)17/h7-8,11-18,27-30,39-40H,6,9-10,19-26H2,1-5H3;6-11,18-21,28-29,40H,12-17H2,1-5H3;2-3,6-7H,1,4-5,8-9H2/t39-,40+;28-,29+;/m00./s1. The molecule has 0 saturated carbocycles. The number of unbranched alkanes of at least 4 members (excludes halogenated alkanes) is 4. The van der Waals surface area contributed by atoms with Gasteiger partial charge < -0.3 is 57.2 Å². The Labute approximate surface area is 728 Å². The topological polar surface area (TPSA) is 209 Å². The van der Waals surface area contributed by atoms with Crippen molar-refractivity contribution < 1.29 is 76.4 Å². The molecule has 0 radical (unpaired) electrons. The number of fused-ring (bicyclic) bond motifs is 6. The molecule has 10 aromatic rings. The summed E-state index contributed by atoms with van der Waals surface area (Å²) in [7, 11) is 18.7. The van der Waals surface area contributed by atoms with E-state index in [2.05, 4.69) is 137 Å². The molecule has 10 aliphatic heterocycles. The van der Waals surface area contributed by atoms with Crippen molar-refractivity contribution in [3.63, 3.8) is 0 Å². The third-order valence-electron chi connectivity index (χ3n) is 25.3. The molecule has 0 saturated heterocycles. The van der Waals surface area contributed by atoms with Crippen molar-refractivity contribution in [2.24, 2.45) is 0 Å². The highest BCUT2D eigenvalue weighted by Crippen LogP contribution is 2.55. The van der Waals surface area contributed by atoms with Gasteiger partial charge in [0.2, 0.25) is 11.5 Å². The Morgan fingerprint density at radius 2 is 0.732 bits per heavy atom. The lowest BCUT2D eigenvalue weighted by Gasteiger charge is -2.37. The molecule has 20 rings (SSSR count). The van der Waals surface area contributed by atoms with Crippen LogP contribution >= 0.6 is 15.9 Å². The number of ether oxygens (including phenoxy) is 11. The van der Waals surface area contributed by atoms with E-state index in [4.69, 9.17) is 52.1 Å². The van der Waals surface area contributed by atoms with E-state index in [9.17, 15) is 24.3 Å². The van der Waals surface area contributed by atoms with Crippen LogP contribution in [0.3, 0.4) is 0 Å². The summed E-state index contributed by atoms with van der Waals surface area (Å²) in [4.78, 5) is 61.9. The van der Waals surface area contributed by atoms with Crippen molar-refractivity contribution in [1.29, 1.82) is 0 Å². The highest BCUT2D eigenvalue weighted by Gasteiger charge is 2.40. The fraction of sp³-hybridized carbons (Fsp3) is 0.360. The first kappa shape index (κ1) is 85.0. The molecule has 22 nitrogen and oxygen atoms in total. The Hall–Kier alpha value is -11.6. The van der Waals surface area contributed by atoms with Gasteiger partial charge in [-0.1, -0.05) is 83.0 Å². The van der Waals surface area contributed by atoms with Crippen molar-refractivity contribution in [2.45, 2.75) is 114 Å². The largest absolute Gasteiger partial charge is 0.504 e. The number of methoxy groups -OCH3 is 6. The second kappa shape index (κ2) is 37.6. The predicted molar refractivity (Wildman–Crippen MR) is 475 cm³/mol. The summed E-state index contributed by atoms with van der Waals surface area (Å²) in [5.41, 5.74) is 15.9. The Kier molecular flexibility index (Phi) is 26.0. The Morgan fingerprint density at radius 3 is 1.15 bits per heavy atom. The third-order valence-corrected chi connectivity index (χ3v) is 25.9. The number of phenolic OH excluding ortho intramolecular Hbond substituents is 1. The van der Waals surface area contributed by atoms with Gasteiger partial charge in [0.25, 0.3) is 23.6 Å². The highest BCUT2D eigenvalue weighted by molar-refractivity contribution is 9.09. The molecule has 0 aliphatic carbocycles. The lowest BCUT2D eigenvalue weighted by atomic mass is 9.87. The highest BCUT2D eigenvalue weighted by atomic mass is 79.9. The average Bonchev–Trinajstić information content (AvgIpc) is 1.69. The first-order chi connectivity index (χ1) is 59.8. The first-order valence-corrected chi connectivity index (χ1v) is 43.7. The normalized spacial score (nSPS) is 18.2. The van der Waals surface area contributed by atoms with Crippen LogP contribution in [0.15, 0.2) is 170 Å². The van der Waals surface area contributed by atoms with Gasteiger partial charge >= 0.3 is 0 Å². The van der Waals surface area contributed by atoms with Gasteiger partial charge in [-0.2, -0.15) is 0 Å². The molecule has 12 bridgehead atoms. The zero-order chi connectivity index (χ0) is 85.7. The zero-order valence-electron chi connectivity index (χ0n) is 71.7. The van der Waals surface area contributed by atoms with Crippen LogP contribution in [0.2, 0.25) is 0 Å². The van der Waals surface area contributed by atoms with E-state index in [0.717, 1.165) is 141 Å². The monoisotopic (exact) mass is 1730 g/mol. The minimum Gasteiger partial charge on any atom is -0.504 e. The number of alkyl halides is 1. The lowest BCUT2D eigenvalue weighted by Crippen LogP contribution is -2.34. The second-order valence-corrected chi connectivity index (χ2v) is 33.6. The van der Waals surface area contributed by atoms with Crippen LogP contribution < -0.4 is 52.1 Å². The third kappa shape index (κ3) is 17.6. The summed E-state index contributed by atoms with van der Waals surface area (Å²) in [6.45, 7) is 4.97. The van der Waals surface area contributed by atoms with E-state index >= 15 is 0 Å². The number of benzene rings is 10. The number of halogens is 1. The molecule has 10 aromatic carbocycles. The summed E-state index contributed by atoms with van der Waals surface area (Å²) in [5.74, 6) is 8.77. The maximum atomic E-state index is 12.8. The number of likely N-dealkylation sites (N-methyl/N-ethyl adjacent to an activating group) is 4. The van der Waals surface area contributed by atoms with Gasteiger partial charge in [-0.3, -0.25) is 48.6 Å². The summed E-state index contributed by atoms with van der Waals surface area (Å²) < 4.78 is 69.3. The molecule has 4 amide bonds. The van der Waals surface area contributed by atoms with E-state index in [1.165, 1.54) is 43.2 Å². The lowest BCUT2D eigenvalue weighted by molar-refractivity contribution is 0.0636. The molecule has 123 heavy (non-hydrogen) atoms. The molecule has 0 aromatic heterocycles. The smallest absolute Gasteiger partial charge is 0.261 e. The quantitative estimate of drug-likeness (QED) is 0.0481. The van der Waals surface area contributed by atoms with Gasteiger partial charge in [-0.25, -0.2) is 0 Å². The first-order valence-electron chi connectivity index (χ1n) is 42.6. The Balaban J connectivity index is 0.000000157. The van der Waals surface area contributed by atoms with Crippen LogP contribution in [-0.4, -0.2) is 180 Å². The van der Waals surface area contributed by atoms with Crippen molar-refractivity contribution in [1.82, 2.24) is 29.4 Å². The molecule has 0 unspecified atom stereocenters. The summed E-state index contributed by atoms with van der Waals surface area (Å²) in [6.07, 6.45) is 11.7. The Morgan fingerprint density at radius 1 is 0.366 bits per heavy atom. The van der Waals surface area contributed by atoms with Crippen LogP contribution in [-0.2, 0) is 51.4 Å². The number of aromatic hydroxyl groups is 1. The number of nitrogens with zero attached hydrogens (tertiary/aromatic N) is 6. The maximum absolute atomic E-state index is 12.8. The summed E-state index contributed by atoms with van der Waals surface area (Å²) >= 11 is 3.36. The molecule has 23 heteroatoms. The van der Waals surface area contributed by atoms with Gasteiger partial charge in [0.15, 0.2) is 69.0 Å². The van der Waals surface area contributed by atoms with Gasteiger partial charge in [0.1, 0.15) is 11.5 Å². The number of hydrogen-bond acceptors (Lipinski definition) is 20. The number of carbonyl (C=O) groups excluding carboxylic acids is 4. The fourth-order valence-electron chi connectivity index (χ4n) is 18.5. The average molecular weight is 1730 g/mol. The van der Waals surface area contributed by atoms with Gasteiger partial charge in [0, 0.05) is 79.9 Å². The van der Waals surface area contributed by atoms with Gasteiger partial charge in [-0.05, 0) is 276 Å². The second-order valence-electron chi connectivity index (χ2n) is 32.8. The number of carbonyl (C=O) groups is 4. The van der Waals surface area contributed by atoms with Crippen molar-refractivity contribution in [2.75, 3.05) is 122 Å². The van der Waals surface area contributed by atoms with E-state index in [-0.39, 0.29) is 53.5 Å². The van der Waals surface area contributed by atoms with Crippen LogP contribution in [0.1, 0.15) is 171 Å². The van der Waals surface area contributed by atoms with E-state index < -0.39 is 0 Å². The number of rotatable bonds is 18. The maximum Gasteiger partial charge on any atom is 0.261 e. The molecule has 4 atom stereocenters. The minimum atomic E-state index is -0.217. The number of phenols is 1. The Bertz CT molecular complexity index is 5540. The van der Waals surface area contributed by atoms with E-state index in [1.807, 2.05) is 42.5 Å². The van der Waals surface area contributed by atoms with Gasteiger partial charge in [-0.15, -0.1) is 0 Å². The van der Waals surface area contributed by atoms with Crippen LogP contribution in [0.25, 0.3) is 0 Å². The minimum absolute atomic E-state index is 0.0402. The molecule has 0 spiro atoms. The zero-order valence-corrected chi connectivity index (χ0v) is 73.2. The molecule has 10 aliphatic rings. The predicted octanol–water partition coefficient (Wildman–Crippen LogP) is 18.7. The van der Waals surface area contributed by atoms with Crippen LogP contribution in [0.5, 0.6) is 92.0 Å². The van der Waals surface area contributed by atoms with Crippen LogP contribution in [0, 0.1) is 0 Å². The SMILES string of the molecule is COc1cc2c3cc1Oc1c(OC)c(OC)cc4c1[C@@H](Cc1ccc(O)c(c1)Oc1ccc(cc1)C[C@@H]3N(C)CC2)N(C)CC4.COc1cc2c3cc1Oc1c(OC)c(OC)cc4c1[C@@H](Cc1ccc(OCCCCCN5C(=O)c6ccccc6C5=O)c(c1)Oc1ccc(cc1)C[C@@H]3N(C)CC2)N(C)CC4.O=C1c2ccccc2C(=O)N1CCCCCBr. The molecule has 640 valence electrons. The fourth-order valence-corrected chi connectivity index (χ4v) is 18.9. The molecule has 1 N–H and O–H groups in total. The number of amides is 4. The summed E-state index contributed by atoms with van der Waals surface area (Å²) in [5, 5.41) is 11.7. The molecule has 0 fully saturated rings. The molecular weight excluding hydrogens is 1620 g/mol. The van der Waals surface area contributed by atoms with Crippen molar-refractivity contribution in [3.8, 4) is 92.0 Å². The summed E-state index contributed by atoms with van der Waals surface area (Å²) in [6, 6.07) is 55.3. The molecular formula is C100H107BrN6O16. The van der Waals surface area contributed by atoms with Crippen molar-refractivity contribution in [3.05, 3.63) is 259 Å². The van der Waals surface area contributed by atoms with E-state index in [1.54, 1.807) is 97.3 Å². The van der Waals surface area contributed by atoms with Crippen LogP contribution in [0.4, 0.5) is 0 Å². The molecule has 10 heterocycles. The number of imide groups is 2. The van der Waals surface area contributed by atoms with Gasteiger partial charge in [0.05, 0.1) is 71.5 Å². The van der Waals surface area contributed by atoms with E-state index in [0.29, 0.717) is 142 Å². The van der Waals surface area contributed by atoms with Crippen molar-refractivity contribution >= 4 is 39.6 Å².